The fourth-order valence-electron chi connectivity index (χ4n) is 1.52. The van der Waals surface area contributed by atoms with Crippen LogP contribution in [0, 0.1) is 10.1 Å². The number of rotatable bonds is 7. The lowest BCUT2D eigenvalue weighted by molar-refractivity contribution is -0.383. The second-order valence-corrected chi connectivity index (χ2v) is 5.45. The van der Waals surface area contributed by atoms with Gasteiger partial charge in [-0.05, 0) is 13.0 Å². The first-order valence-corrected chi connectivity index (χ1v) is 6.61. The summed E-state index contributed by atoms with van der Waals surface area (Å²) in [7, 11) is 1.54. The number of aliphatic hydroxyl groups is 1. The molecule has 0 bridgehead atoms. The first kappa shape index (κ1) is 17.0. The molecule has 1 rings (SSSR count). The van der Waals surface area contributed by atoms with E-state index in [1.54, 1.807) is 6.92 Å². The number of benzene rings is 1. The van der Waals surface area contributed by atoms with Crippen LogP contribution in [0.3, 0.4) is 0 Å². The molecule has 1 atom stereocenters. The van der Waals surface area contributed by atoms with Crippen LogP contribution in [-0.2, 0) is 4.74 Å². The van der Waals surface area contributed by atoms with E-state index in [2.05, 4.69) is 5.32 Å². The number of nitro benzene ring substituents is 1. The highest BCUT2D eigenvalue weighted by atomic mass is 35.5. The zero-order valence-corrected chi connectivity index (χ0v) is 12.7. The first-order valence-electron chi connectivity index (χ1n) is 5.85. The summed E-state index contributed by atoms with van der Waals surface area (Å²) in [5.74, 6) is 0. The molecule has 0 aliphatic carbocycles. The monoisotopic (exact) mass is 322 g/mol. The van der Waals surface area contributed by atoms with E-state index in [9.17, 15) is 15.2 Å². The van der Waals surface area contributed by atoms with Crippen LogP contribution in [0.1, 0.15) is 13.3 Å². The molecule has 2 N–H and O–H groups in total. The molecule has 1 aromatic carbocycles. The van der Waals surface area contributed by atoms with Gasteiger partial charge in [0.2, 0.25) is 0 Å². The van der Waals surface area contributed by atoms with Crippen molar-refractivity contribution in [3.63, 3.8) is 0 Å². The number of nitro groups is 1. The fourth-order valence-corrected chi connectivity index (χ4v) is 1.85. The Morgan fingerprint density at radius 2 is 2.05 bits per heavy atom. The summed E-state index contributed by atoms with van der Waals surface area (Å²) in [6.07, 6.45) is 0.394. The van der Waals surface area contributed by atoms with Crippen molar-refractivity contribution in [3.05, 3.63) is 32.3 Å². The topological polar surface area (TPSA) is 84.6 Å². The van der Waals surface area contributed by atoms with Crippen molar-refractivity contribution in [1.82, 2.24) is 0 Å². The van der Waals surface area contributed by atoms with Crippen LogP contribution in [0.25, 0.3) is 0 Å². The Bertz CT molecular complexity index is 495. The highest BCUT2D eigenvalue weighted by molar-refractivity contribution is 6.42. The van der Waals surface area contributed by atoms with Gasteiger partial charge in [0, 0.05) is 32.7 Å². The minimum Gasteiger partial charge on any atom is -0.388 e. The maximum Gasteiger partial charge on any atom is 0.293 e. The smallest absolute Gasteiger partial charge is 0.293 e. The van der Waals surface area contributed by atoms with Gasteiger partial charge in [-0.25, -0.2) is 0 Å². The van der Waals surface area contributed by atoms with Crippen molar-refractivity contribution in [2.45, 2.75) is 18.9 Å². The SMILES string of the molecule is COCCC(C)(O)CNc1cc(Cl)c(Cl)cc1[N+](=O)[O-]. The highest BCUT2D eigenvalue weighted by Crippen LogP contribution is 2.34. The quantitative estimate of drug-likeness (QED) is 0.595. The highest BCUT2D eigenvalue weighted by Gasteiger charge is 2.23. The second-order valence-electron chi connectivity index (χ2n) is 4.63. The Balaban J connectivity index is 2.86. The van der Waals surface area contributed by atoms with Crippen LogP contribution >= 0.6 is 23.2 Å². The summed E-state index contributed by atoms with van der Waals surface area (Å²) in [6, 6.07) is 2.55. The number of halogens is 2. The van der Waals surface area contributed by atoms with Crippen molar-refractivity contribution in [2.75, 3.05) is 25.6 Å². The van der Waals surface area contributed by atoms with Gasteiger partial charge in [-0.1, -0.05) is 23.2 Å². The zero-order valence-electron chi connectivity index (χ0n) is 11.2. The average molecular weight is 323 g/mol. The third-order valence-corrected chi connectivity index (χ3v) is 3.46. The van der Waals surface area contributed by atoms with E-state index in [-0.39, 0.29) is 28.0 Å². The lowest BCUT2D eigenvalue weighted by Crippen LogP contribution is -2.34. The van der Waals surface area contributed by atoms with E-state index < -0.39 is 10.5 Å². The largest absolute Gasteiger partial charge is 0.388 e. The molecule has 0 aliphatic rings. The van der Waals surface area contributed by atoms with Crippen molar-refractivity contribution in [1.29, 1.82) is 0 Å². The first-order chi connectivity index (χ1) is 9.26. The van der Waals surface area contributed by atoms with Crippen molar-refractivity contribution < 1.29 is 14.8 Å². The van der Waals surface area contributed by atoms with Gasteiger partial charge in [-0.3, -0.25) is 10.1 Å². The van der Waals surface area contributed by atoms with E-state index in [0.717, 1.165) is 0 Å². The van der Waals surface area contributed by atoms with Crippen LogP contribution < -0.4 is 5.32 Å². The second kappa shape index (κ2) is 7.08. The summed E-state index contributed by atoms with van der Waals surface area (Å²) in [4.78, 5) is 10.4. The molecule has 6 nitrogen and oxygen atoms in total. The summed E-state index contributed by atoms with van der Waals surface area (Å²) in [6.45, 7) is 2.12. The van der Waals surface area contributed by atoms with E-state index in [0.29, 0.717) is 13.0 Å². The molecular formula is C12H16Cl2N2O4. The summed E-state index contributed by atoms with van der Waals surface area (Å²) < 4.78 is 4.89. The predicted molar refractivity (Wildman–Crippen MR) is 78.7 cm³/mol. The van der Waals surface area contributed by atoms with E-state index in [4.69, 9.17) is 27.9 Å². The lowest BCUT2D eigenvalue weighted by atomic mass is 10.0. The van der Waals surface area contributed by atoms with Gasteiger partial charge in [-0.2, -0.15) is 0 Å². The number of nitrogens with zero attached hydrogens (tertiary/aromatic N) is 1. The van der Waals surface area contributed by atoms with Crippen LogP contribution in [0.15, 0.2) is 12.1 Å². The number of hydrogen-bond donors (Lipinski definition) is 2. The standard InChI is InChI=1S/C12H16Cl2N2O4/c1-12(17,3-4-20-2)7-15-10-5-8(13)9(14)6-11(10)16(18)19/h5-6,15,17H,3-4,7H2,1-2H3. The van der Waals surface area contributed by atoms with Crippen LogP contribution in [0.5, 0.6) is 0 Å². The van der Waals surface area contributed by atoms with E-state index in [1.807, 2.05) is 0 Å². The van der Waals surface area contributed by atoms with Gasteiger partial charge in [-0.15, -0.1) is 0 Å². The lowest BCUT2D eigenvalue weighted by Gasteiger charge is -2.23. The van der Waals surface area contributed by atoms with Gasteiger partial charge < -0.3 is 15.2 Å². The van der Waals surface area contributed by atoms with Gasteiger partial charge in [0.25, 0.3) is 5.69 Å². The van der Waals surface area contributed by atoms with Crippen molar-refractivity contribution >= 4 is 34.6 Å². The molecule has 0 radical (unpaired) electrons. The molecule has 20 heavy (non-hydrogen) atoms. The Kier molecular flexibility index (Phi) is 6.01. The minimum atomic E-state index is -1.06. The molecule has 0 fully saturated rings. The molecule has 1 unspecified atom stereocenters. The Hall–Kier alpha value is -1.08. The third-order valence-electron chi connectivity index (χ3n) is 2.74. The van der Waals surface area contributed by atoms with E-state index in [1.165, 1.54) is 19.2 Å². The predicted octanol–water partition coefficient (Wildman–Crippen LogP) is 3.10. The molecule has 1 aromatic rings. The number of nitrogens with one attached hydrogen (secondary N) is 1. The van der Waals surface area contributed by atoms with Gasteiger partial charge in [0.15, 0.2) is 0 Å². The Labute approximate surface area is 126 Å². The number of hydrogen-bond acceptors (Lipinski definition) is 5. The molecule has 0 heterocycles. The van der Waals surface area contributed by atoms with Crippen molar-refractivity contribution in [2.24, 2.45) is 0 Å². The summed E-state index contributed by atoms with van der Waals surface area (Å²) in [5.41, 5.74) is -1.04. The molecule has 0 amide bonds. The van der Waals surface area contributed by atoms with Crippen LogP contribution in [-0.4, -0.2) is 35.9 Å². The van der Waals surface area contributed by atoms with Gasteiger partial charge >= 0.3 is 0 Å². The van der Waals surface area contributed by atoms with E-state index >= 15 is 0 Å². The third kappa shape index (κ3) is 4.79. The number of methoxy groups -OCH3 is 1. The number of ether oxygens (including phenoxy) is 1. The molecule has 0 aromatic heterocycles. The van der Waals surface area contributed by atoms with Crippen molar-refractivity contribution in [3.8, 4) is 0 Å². The normalized spacial score (nSPS) is 13.8. The molecule has 112 valence electrons. The number of anilines is 1. The van der Waals surface area contributed by atoms with Crippen LogP contribution in [0.4, 0.5) is 11.4 Å². The maximum absolute atomic E-state index is 11.0. The van der Waals surface area contributed by atoms with Gasteiger partial charge in [0.1, 0.15) is 5.69 Å². The Morgan fingerprint density at radius 3 is 2.60 bits per heavy atom. The average Bonchev–Trinajstić information content (AvgIpc) is 2.37. The summed E-state index contributed by atoms with van der Waals surface area (Å²) >= 11 is 11.6. The molecule has 0 saturated heterocycles. The molecular weight excluding hydrogens is 307 g/mol. The molecule has 0 saturated carbocycles. The maximum atomic E-state index is 11.0. The molecule has 0 aliphatic heterocycles. The molecule has 8 heteroatoms. The summed E-state index contributed by atoms with van der Waals surface area (Å²) in [5, 5.41) is 24.2. The Morgan fingerprint density at radius 1 is 1.45 bits per heavy atom. The minimum absolute atomic E-state index is 0.107. The van der Waals surface area contributed by atoms with Gasteiger partial charge in [0.05, 0.1) is 20.6 Å². The van der Waals surface area contributed by atoms with Crippen LogP contribution in [0.2, 0.25) is 10.0 Å². The molecule has 0 spiro atoms. The zero-order chi connectivity index (χ0) is 15.3. The fraction of sp³-hybridized carbons (Fsp3) is 0.500.